The monoisotopic (exact) mass is 353 g/mol. The number of hydrogen-bond acceptors (Lipinski definition) is 2. The molecule has 1 aliphatic rings. The Hall–Kier alpha value is -0.540. The first-order valence-corrected chi connectivity index (χ1v) is 9.15. The number of halogens is 1. The topological polar surface area (TPSA) is 21.3 Å². The number of benzene rings is 1. The van der Waals surface area contributed by atoms with E-state index in [0.29, 0.717) is 6.04 Å². The minimum absolute atomic E-state index is 0.458. The molecule has 1 aromatic carbocycles. The molecule has 1 aromatic rings. The number of rotatable bonds is 6. The molecule has 1 unspecified atom stereocenters. The number of ether oxygens (including phenoxy) is 1. The highest BCUT2D eigenvalue weighted by molar-refractivity contribution is 9.10. The molecule has 1 atom stereocenters. The Balaban J connectivity index is 2.11. The van der Waals surface area contributed by atoms with Crippen molar-refractivity contribution >= 4 is 15.9 Å². The SMILES string of the molecule is CCCOc1ccc(C(NC)C2CCCCCC2)cc1Br. The highest BCUT2D eigenvalue weighted by Crippen LogP contribution is 2.36. The van der Waals surface area contributed by atoms with Crippen molar-refractivity contribution in [3.63, 3.8) is 0 Å². The Kier molecular flexibility index (Phi) is 7.05. The third-order valence-corrected chi connectivity index (χ3v) is 5.08. The van der Waals surface area contributed by atoms with Crippen molar-refractivity contribution in [2.75, 3.05) is 13.7 Å². The summed E-state index contributed by atoms with van der Waals surface area (Å²) in [4.78, 5) is 0. The van der Waals surface area contributed by atoms with Crippen LogP contribution in [0.3, 0.4) is 0 Å². The molecule has 1 N–H and O–H groups in total. The van der Waals surface area contributed by atoms with Gasteiger partial charge in [-0.25, -0.2) is 0 Å². The molecule has 2 nitrogen and oxygen atoms in total. The van der Waals surface area contributed by atoms with Crippen LogP contribution in [0.25, 0.3) is 0 Å². The summed E-state index contributed by atoms with van der Waals surface area (Å²) in [5.74, 6) is 1.71. The van der Waals surface area contributed by atoms with Crippen LogP contribution in [0.2, 0.25) is 0 Å². The van der Waals surface area contributed by atoms with Crippen molar-refractivity contribution in [2.24, 2.45) is 5.92 Å². The van der Waals surface area contributed by atoms with Gasteiger partial charge in [-0.1, -0.05) is 38.7 Å². The molecule has 0 saturated heterocycles. The summed E-state index contributed by atoms with van der Waals surface area (Å²) in [5, 5.41) is 3.54. The van der Waals surface area contributed by atoms with Crippen LogP contribution >= 0.6 is 15.9 Å². The molecule has 1 saturated carbocycles. The van der Waals surface area contributed by atoms with Crippen molar-refractivity contribution < 1.29 is 4.74 Å². The van der Waals surface area contributed by atoms with E-state index in [0.717, 1.165) is 29.2 Å². The summed E-state index contributed by atoms with van der Waals surface area (Å²) in [6.07, 6.45) is 9.29. The second-order valence-electron chi connectivity index (χ2n) is 6.06. The lowest BCUT2D eigenvalue weighted by Crippen LogP contribution is -2.25. The summed E-state index contributed by atoms with van der Waals surface area (Å²) in [6, 6.07) is 7.02. The zero-order valence-corrected chi connectivity index (χ0v) is 14.9. The highest BCUT2D eigenvalue weighted by atomic mass is 79.9. The first kappa shape index (κ1) is 16.8. The number of hydrogen-bond donors (Lipinski definition) is 1. The predicted octanol–water partition coefficient (Wildman–Crippen LogP) is 5.47. The van der Waals surface area contributed by atoms with Gasteiger partial charge in [0.1, 0.15) is 5.75 Å². The van der Waals surface area contributed by atoms with Crippen molar-refractivity contribution in [2.45, 2.75) is 57.9 Å². The van der Waals surface area contributed by atoms with E-state index in [4.69, 9.17) is 4.74 Å². The molecule has 0 amide bonds. The lowest BCUT2D eigenvalue weighted by Gasteiger charge is -2.26. The maximum atomic E-state index is 5.75. The Morgan fingerprint density at radius 2 is 1.95 bits per heavy atom. The van der Waals surface area contributed by atoms with Gasteiger partial charge < -0.3 is 10.1 Å². The van der Waals surface area contributed by atoms with E-state index in [9.17, 15) is 0 Å². The highest BCUT2D eigenvalue weighted by Gasteiger charge is 2.23. The van der Waals surface area contributed by atoms with Gasteiger partial charge >= 0.3 is 0 Å². The predicted molar refractivity (Wildman–Crippen MR) is 92.9 cm³/mol. The minimum Gasteiger partial charge on any atom is -0.492 e. The largest absolute Gasteiger partial charge is 0.492 e. The van der Waals surface area contributed by atoms with Gasteiger partial charge in [-0.15, -0.1) is 0 Å². The molecule has 3 heteroatoms. The Labute approximate surface area is 137 Å². The third-order valence-electron chi connectivity index (χ3n) is 4.46. The van der Waals surface area contributed by atoms with Gasteiger partial charge in [-0.3, -0.25) is 0 Å². The fourth-order valence-electron chi connectivity index (χ4n) is 3.36. The maximum Gasteiger partial charge on any atom is 0.133 e. The fourth-order valence-corrected chi connectivity index (χ4v) is 3.87. The second kappa shape index (κ2) is 8.79. The van der Waals surface area contributed by atoms with Crippen molar-refractivity contribution in [3.8, 4) is 5.75 Å². The lowest BCUT2D eigenvalue weighted by atomic mass is 9.87. The smallest absolute Gasteiger partial charge is 0.133 e. The van der Waals surface area contributed by atoms with Gasteiger partial charge in [-0.05, 0) is 65.9 Å². The van der Waals surface area contributed by atoms with Crippen LogP contribution < -0.4 is 10.1 Å². The normalized spacial score (nSPS) is 18.2. The second-order valence-corrected chi connectivity index (χ2v) is 6.91. The molecule has 0 aromatic heterocycles. The van der Waals surface area contributed by atoms with Crippen LogP contribution in [0.1, 0.15) is 63.5 Å². The summed E-state index contributed by atoms with van der Waals surface area (Å²) in [5.41, 5.74) is 1.38. The molecule has 0 radical (unpaired) electrons. The van der Waals surface area contributed by atoms with Crippen LogP contribution in [0, 0.1) is 5.92 Å². The Bertz CT molecular complexity index is 427. The first-order chi connectivity index (χ1) is 10.3. The Morgan fingerprint density at radius 3 is 2.52 bits per heavy atom. The van der Waals surface area contributed by atoms with Crippen LogP contribution in [-0.2, 0) is 0 Å². The summed E-state index contributed by atoms with van der Waals surface area (Å²) in [6.45, 7) is 2.90. The standard InChI is InChI=1S/C18H28BrNO/c1-3-12-21-17-11-10-15(13-16(17)19)18(20-2)14-8-6-4-5-7-9-14/h10-11,13-14,18,20H,3-9,12H2,1-2H3. The van der Waals surface area contributed by atoms with Crippen LogP contribution in [0.4, 0.5) is 0 Å². The Morgan fingerprint density at radius 1 is 1.24 bits per heavy atom. The summed E-state index contributed by atoms with van der Waals surface area (Å²) in [7, 11) is 2.09. The molecule has 0 aliphatic heterocycles. The zero-order valence-electron chi connectivity index (χ0n) is 13.3. The van der Waals surface area contributed by atoms with E-state index in [-0.39, 0.29) is 0 Å². The molecule has 21 heavy (non-hydrogen) atoms. The molecule has 0 heterocycles. The van der Waals surface area contributed by atoms with Crippen molar-refractivity contribution in [3.05, 3.63) is 28.2 Å². The van der Waals surface area contributed by atoms with E-state index in [2.05, 4.69) is 53.4 Å². The van der Waals surface area contributed by atoms with Crippen LogP contribution in [-0.4, -0.2) is 13.7 Å². The van der Waals surface area contributed by atoms with Gasteiger partial charge in [0.25, 0.3) is 0 Å². The maximum absolute atomic E-state index is 5.75. The summed E-state index contributed by atoms with van der Waals surface area (Å²) >= 11 is 3.66. The van der Waals surface area contributed by atoms with Crippen LogP contribution in [0.5, 0.6) is 5.75 Å². The van der Waals surface area contributed by atoms with E-state index in [1.54, 1.807) is 0 Å². The molecule has 0 spiro atoms. The first-order valence-electron chi connectivity index (χ1n) is 8.35. The fraction of sp³-hybridized carbons (Fsp3) is 0.667. The van der Waals surface area contributed by atoms with Gasteiger partial charge in [0.2, 0.25) is 0 Å². The average Bonchev–Trinajstić information content (AvgIpc) is 2.76. The van der Waals surface area contributed by atoms with Crippen LogP contribution in [0.15, 0.2) is 22.7 Å². The van der Waals surface area contributed by atoms with Gasteiger partial charge in [0.15, 0.2) is 0 Å². The summed E-state index contributed by atoms with van der Waals surface area (Å²) < 4.78 is 6.82. The molecule has 2 rings (SSSR count). The average molecular weight is 354 g/mol. The molecule has 1 fully saturated rings. The lowest BCUT2D eigenvalue weighted by molar-refractivity contribution is 0.314. The van der Waals surface area contributed by atoms with Crippen molar-refractivity contribution in [1.29, 1.82) is 0 Å². The van der Waals surface area contributed by atoms with Gasteiger partial charge in [-0.2, -0.15) is 0 Å². The molecular formula is C18H28BrNO. The van der Waals surface area contributed by atoms with Gasteiger partial charge in [0.05, 0.1) is 11.1 Å². The molecule has 1 aliphatic carbocycles. The molecule has 118 valence electrons. The van der Waals surface area contributed by atoms with E-state index >= 15 is 0 Å². The third kappa shape index (κ3) is 4.72. The van der Waals surface area contributed by atoms with Gasteiger partial charge in [0, 0.05) is 6.04 Å². The molecule has 0 bridgehead atoms. The minimum atomic E-state index is 0.458. The quantitative estimate of drug-likeness (QED) is 0.684. The van der Waals surface area contributed by atoms with E-state index in [1.807, 2.05) is 0 Å². The zero-order chi connectivity index (χ0) is 15.1. The molecular weight excluding hydrogens is 326 g/mol. The number of nitrogens with one attached hydrogen (secondary N) is 1. The van der Waals surface area contributed by atoms with Crippen molar-refractivity contribution in [1.82, 2.24) is 5.32 Å². The van der Waals surface area contributed by atoms with E-state index < -0.39 is 0 Å². The van der Waals surface area contributed by atoms with E-state index in [1.165, 1.54) is 44.1 Å².